The average Bonchev–Trinajstić information content (AvgIpc) is 3.78. The number of hydrogen-bond donors (Lipinski definition) is 0. The molecule has 1 aliphatic carbocycles. The first kappa shape index (κ1) is 12.3. The Morgan fingerprint density at radius 2 is 1.17 bits per heavy atom. The monoisotopic (exact) mass is 468 g/mol. The van der Waals surface area contributed by atoms with Crippen LogP contribution in [0, 0.1) is 58.5 Å². The summed E-state index contributed by atoms with van der Waals surface area (Å²) in [7, 11) is 0. The van der Waals surface area contributed by atoms with Crippen LogP contribution < -0.4 is 0 Å². The molecule has 0 unspecified atom stereocenters. The smallest absolute Gasteiger partial charge is 0.202 e. The highest BCUT2D eigenvalue weighted by molar-refractivity contribution is 6.11. The van der Waals surface area contributed by atoms with E-state index in [0.29, 0.717) is 0 Å². The molecular weight excluding hydrogens is 444 g/mol. The largest absolute Gasteiger partial charge is 0.238 e. The number of benzene rings is 3. The molecule has 0 radical (unpaired) electrons. The number of rotatable bonds is 3. The normalized spacial score (nSPS) is 20.2. The lowest BCUT2D eigenvalue weighted by molar-refractivity contribution is 1.46. The second-order valence-corrected chi connectivity index (χ2v) is 6.62. The molecule has 0 aromatic heterocycles. The highest BCUT2D eigenvalue weighted by Gasteiger charge is 2.40. The Labute approximate surface area is 224 Å². The van der Waals surface area contributed by atoms with Gasteiger partial charge in [-0.1, -0.05) is 42.3 Å². The van der Waals surface area contributed by atoms with Gasteiger partial charge < -0.3 is 0 Å². The van der Waals surface area contributed by atoms with Gasteiger partial charge in [0.25, 0.3) is 0 Å². The van der Waals surface area contributed by atoms with E-state index in [0.717, 1.165) is 0 Å². The van der Waals surface area contributed by atoms with Gasteiger partial charge in [0, 0.05) is 2.74 Å². The fourth-order valence-electron chi connectivity index (χ4n) is 3.19. The summed E-state index contributed by atoms with van der Waals surface area (Å²) in [4.78, 5) is 6.42. The van der Waals surface area contributed by atoms with E-state index in [2.05, 4.69) is 9.69 Å². The summed E-state index contributed by atoms with van der Waals surface area (Å²) in [5.41, 5.74) is -7.63. The summed E-state index contributed by atoms with van der Waals surface area (Å²) >= 11 is 0. The van der Waals surface area contributed by atoms with Gasteiger partial charge in [0.15, 0.2) is 5.69 Å². The highest BCUT2D eigenvalue weighted by atomic mass is 14.7. The minimum atomic E-state index is -0.868. The van der Waals surface area contributed by atoms with Crippen LogP contribution in [0.25, 0.3) is 26.5 Å². The molecule has 0 saturated heterocycles. The predicted octanol–water partition coefficient (Wildman–Crippen LogP) is 6.58. The van der Waals surface area contributed by atoms with Crippen molar-refractivity contribution in [3.8, 4) is 24.3 Å². The molecule has 162 valence electrons. The summed E-state index contributed by atoms with van der Waals surface area (Å²) in [6, 6.07) is -3.48. The van der Waals surface area contributed by atoms with Gasteiger partial charge >= 0.3 is 0 Å². The Balaban J connectivity index is 2.40. The van der Waals surface area contributed by atoms with Crippen LogP contribution in [0.1, 0.15) is 44.3 Å². The van der Waals surface area contributed by atoms with Gasteiger partial charge in [-0.15, -0.1) is 0 Å². The van der Waals surface area contributed by atoms with E-state index in [4.69, 9.17) is 29.6 Å². The summed E-state index contributed by atoms with van der Waals surface area (Å²) in [6.07, 6.45) is 0. The predicted molar refractivity (Wildman–Crippen MR) is 134 cm³/mol. The average molecular weight is 469 g/mol. The van der Waals surface area contributed by atoms with Crippen LogP contribution in [-0.4, -0.2) is 0 Å². The van der Waals surface area contributed by atoms with Gasteiger partial charge in [-0.25, -0.2) is 9.69 Å². The lowest BCUT2D eigenvalue weighted by atomic mass is 10.0. The third kappa shape index (κ3) is 4.11. The van der Waals surface area contributed by atoms with E-state index in [9.17, 15) is 21.0 Å². The van der Waals surface area contributed by atoms with Crippen molar-refractivity contribution in [2.45, 2.75) is 0 Å². The van der Waals surface area contributed by atoms with Crippen LogP contribution in [0.2, 0.25) is 0 Å². The molecule has 4 rings (SSSR count). The molecule has 6 nitrogen and oxygen atoms in total. The molecule has 3 aromatic carbocycles. The van der Waals surface area contributed by atoms with Crippen molar-refractivity contribution < 1.29 is 16.4 Å². The van der Waals surface area contributed by atoms with E-state index >= 15 is 0 Å². The second kappa shape index (κ2) is 9.75. The molecule has 0 atom stereocenters. The molecule has 0 heterocycles. The van der Waals surface area contributed by atoms with E-state index in [1.807, 2.05) is 0 Å². The van der Waals surface area contributed by atoms with Crippen LogP contribution in [-0.2, 0) is 0 Å². The fourth-order valence-corrected chi connectivity index (χ4v) is 3.19. The minimum absolute atomic E-state index is 0.451. The molecule has 0 bridgehead atoms. The second-order valence-electron chi connectivity index (χ2n) is 6.62. The molecule has 1 aliphatic rings. The molecule has 1 saturated carbocycles. The van der Waals surface area contributed by atoms with Crippen molar-refractivity contribution in [3.63, 3.8) is 0 Å². The molecule has 3 aromatic rings. The maximum Gasteiger partial charge on any atom is 0.202 e. The highest BCUT2D eigenvalue weighted by Crippen LogP contribution is 2.56. The van der Waals surface area contributed by atoms with Crippen molar-refractivity contribution >= 4 is 22.5 Å². The molecule has 1 fully saturated rings. The Kier molecular flexibility index (Phi) is 3.34. The molecule has 0 spiro atoms. The fraction of sp³-hybridized carbons (Fsp3) is 0. The van der Waals surface area contributed by atoms with Crippen molar-refractivity contribution in [2.24, 2.45) is 0 Å². The lowest BCUT2D eigenvalue weighted by Crippen LogP contribution is -1.84. The molecular formula is C30H12N6. The van der Waals surface area contributed by atoms with Crippen LogP contribution in [0.5, 0.6) is 0 Å². The Morgan fingerprint density at radius 1 is 0.667 bits per heavy atom. The first-order chi connectivity index (χ1) is 22.6. The topological polar surface area (TPSA) is 104 Å². The number of allylic oxidation sites excluding steroid dienone is 5. The quantitative estimate of drug-likeness (QED) is 0.320. The van der Waals surface area contributed by atoms with E-state index in [-0.39, 0.29) is 0 Å². The van der Waals surface area contributed by atoms with Crippen LogP contribution in [0.4, 0.5) is 5.69 Å². The molecule has 36 heavy (non-hydrogen) atoms. The number of nitrogens with zero attached hydrogens (tertiary/aromatic N) is 6. The van der Waals surface area contributed by atoms with Crippen molar-refractivity contribution in [1.29, 1.82) is 21.0 Å². The molecule has 0 N–H and O–H groups in total. The van der Waals surface area contributed by atoms with Gasteiger partial charge in [0.05, 0.1) is 61.3 Å². The first-order valence-electron chi connectivity index (χ1n) is 15.5. The summed E-state index contributed by atoms with van der Waals surface area (Å²) in [6.45, 7) is 15.4. The van der Waals surface area contributed by atoms with E-state index in [1.165, 1.54) is 0 Å². The first-order valence-corrected chi connectivity index (χ1v) is 9.54. The Morgan fingerprint density at radius 3 is 1.67 bits per heavy atom. The summed E-state index contributed by atoms with van der Waals surface area (Å²) in [5, 5.41) is 39.9. The van der Waals surface area contributed by atoms with Gasteiger partial charge in [0.2, 0.25) is 5.70 Å². The summed E-state index contributed by atoms with van der Waals surface area (Å²) < 4.78 is 99.4. The van der Waals surface area contributed by atoms with Gasteiger partial charge in [-0.3, -0.25) is 0 Å². The molecule has 0 amide bonds. The number of hydrogen-bond acceptors (Lipinski definition) is 4. The molecule has 0 aliphatic heterocycles. The van der Waals surface area contributed by atoms with Crippen LogP contribution in [0.15, 0.2) is 89.2 Å². The maximum atomic E-state index is 10.4. The van der Waals surface area contributed by atoms with Crippen molar-refractivity contribution in [1.82, 2.24) is 0 Å². The van der Waals surface area contributed by atoms with Crippen molar-refractivity contribution in [2.75, 3.05) is 0 Å². The number of nitriles is 4. The zero-order chi connectivity index (χ0) is 36.1. The van der Waals surface area contributed by atoms with E-state index in [1.54, 1.807) is 24.3 Å². The SMILES string of the molecule is [2H]c1c([2H])c(C#N)c([2H])c(/C(C#N)=C2/C(=C(/[N+]#[C-])c3c([2H])c([2H])c([2H])c(C#N)c3[2H])/C2=C(/C#N)c2c([2H])c([2H])c([2H])c([N+]#[C-])c2[2H])c1[2H]. The third-order valence-electron chi connectivity index (χ3n) is 4.69. The standard InChI is InChI=1S/C30H12N6/c1-35-24-11-5-9-22(14-24)26(18-34)28-27(25(17-33)21-8-3-6-19(12-21)15-31)29(28)30(36-2)23-10-4-7-20(13-23)16-32/h3-14H/b27-25+,28-26-,30-29-/i3D,4D,5D,6D,7D,8D,9D,10D,11D,12D,13D,14D. The van der Waals surface area contributed by atoms with Gasteiger partial charge in [0.1, 0.15) is 12.1 Å². The lowest BCUT2D eigenvalue weighted by Gasteiger charge is -2.00. The zero-order valence-electron chi connectivity index (χ0n) is 29.7. The Hall–Kier alpha value is -6.18. The third-order valence-corrected chi connectivity index (χ3v) is 4.69. The van der Waals surface area contributed by atoms with Gasteiger partial charge in [-0.2, -0.15) is 21.0 Å². The minimum Gasteiger partial charge on any atom is -0.238 e. The summed E-state index contributed by atoms with van der Waals surface area (Å²) in [5.74, 6) is 0. The maximum absolute atomic E-state index is 10.4. The van der Waals surface area contributed by atoms with Crippen molar-refractivity contribution in [3.05, 3.63) is 140 Å². The van der Waals surface area contributed by atoms with Crippen LogP contribution in [0.3, 0.4) is 0 Å². The zero-order valence-corrected chi connectivity index (χ0v) is 17.7. The van der Waals surface area contributed by atoms with Crippen LogP contribution >= 0.6 is 0 Å². The molecule has 6 heteroatoms. The Bertz CT molecular complexity index is 2150. The van der Waals surface area contributed by atoms with Gasteiger partial charge in [-0.05, 0) is 63.6 Å². The van der Waals surface area contributed by atoms with E-state index < -0.39 is 140 Å².